The van der Waals surface area contributed by atoms with Gasteiger partial charge in [-0.2, -0.15) is 5.10 Å². The van der Waals surface area contributed by atoms with Crippen molar-refractivity contribution in [2.75, 3.05) is 0 Å². The van der Waals surface area contributed by atoms with E-state index in [0.29, 0.717) is 0 Å². The second kappa shape index (κ2) is 7.65. The Morgan fingerprint density at radius 1 is 1.19 bits per heavy atom. The number of aryl methyl sites for hydroxylation is 1. The lowest BCUT2D eigenvalue weighted by molar-refractivity contribution is -0.121. The topological polar surface area (TPSA) is 103 Å². The van der Waals surface area contributed by atoms with E-state index in [1.807, 2.05) is 36.4 Å². The number of nitrogens with one attached hydrogen (secondary N) is 1. The first-order chi connectivity index (χ1) is 13.0. The van der Waals surface area contributed by atoms with E-state index in [0.717, 1.165) is 10.1 Å². The quantitative estimate of drug-likeness (QED) is 0.516. The zero-order chi connectivity index (χ0) is 19.4. The summed E-state index contributed by atoms with van der Waals surface area (Å²) < 4.78 is 3.63. The molecule has 0 bridgehead atoms. The Morgan fingerprint density at radius 3 is 2.67 bits per heavy atom. The molecule has 1 aromatic carbocycles. The largest absolute Gasteiger partial charge is 0.332 e. The lowest BCUT2D eigenvalue weighted by Gasteiger charge is -2.05. The van der Waals surface area contributed by atoms with Crippen LogP contribution in [0.15, 0.2) is 57.4 Å². The van der Waals surface area contributed by atoms with Crippen molar-refractivity contribution in [1.82, 2.24) is 24.1 Å². The number of nitrogens with zero attached hydrogens (tertiary/aromatic N) is 5. The monoisotopic (exact) mass is 366 g/mol. The number of imidazole rings is 1. The summed E-state index contributed by atoms with van der Waals surface area (Å²) in [4.78, 5) is 40.3. The van der Waals surface area contributed by atoms with E-state index >= 15 is 0 Å². The van der Waals surface area contributed by atoms with Crippen molar-refractivity contribution in [1.29, 1.82) is 0 Å². The highest BCUT2D eigenvalue weighted by Crippen LogP contribution is 2.05. The van der Waals surface area contributed by atoms with E-state index in [1.54, 1.807) is 6.08 Å². The van der Waals surface area contributed by atoms with Crippen molar-refractivity contribution < 1.29 is 4.79 Å². The molecular formula is C18H18N6O3. The molecule has 0 saturated carbocycles. The molecule has 0 saturated heterocycles. The Balaban J connectivity index is 1.70. The van der Waals surface area contributed by atoms with Gasteiger partial charge in [-0.1, -0.05) is 36.4 Å². The lowest BCUT2D eigenvalue weighted by Crippen LogP contribution is -2.38. The van der Waals surface area contributed by atoms with Crippen LogP contribution in [0.1, 0.15) is 5.56 Å². The van der Waals surface area contributed by atoms with E-state index in [4.69, 9.17) is 0 Å². The minimum absolute atomic E-state index is 0.149. The average Bonchev–Trinajstić information content (AvgIpc) is 3.09. The first-order valence-electron chi connectivity index (χ1n) is 8.13. The Kier molecular flexibility index (Phi) is 5.11. The molecular weight excluding hydrogens is 348 g/mol. The van der Waals surface area contributed by atoms with E-state index in [2.05, 4.69) is 15.5 Å². The molecule has 0 aliphatic rings. The van der Waals surface area contributed by atoms with Crippen LogP contribution in [-0.2, 0) is 25.4 Å². The van der Waals surface area contributed by atoms with Gasteiger partial charge in [-0.3, -0.25) is 18.7 Å². The van der Waals surface area contributed by atoms with E-state index in [9.17, 15) is 14.4 Å². The summed E-state index contributed by atoms with van der Waals surface area (Å²) in [5.74, 6) is -0.422. The number of hydrogen-bond acceptors (Lipinski definition) is 5. The van der Waals surface area contributed by atoms with Gasteiger partial charge in [0.05, 0.1) is 6.33 Å². The van der Waals surface area contributed by atoms with Gasteiger partial charge in [0.1, 0.15) is 6.54 Å². The Morgan fingerprint density at radius 2 is 1.93 bits per heavy atom. The fourth-order valence-electron chi connectivity index (χ4n) is 2.58. The van der Waals surface area contributed by atoms with Crippen LogP contribution in [0.25, 0.3) is 17.2 Å². The minimum Gasteiger partial charge on any atom is -0.315 e. The summed E-state index contributed by atoms with van der Waals surface area (Å²) in [6.07, 6.45) is 6.36. The molecule has 0 atom stereocenters. The van der Waals surface area contributed by atoms with Crippen LogP contribution >= 0.6 is 0 Å². The van der Waals surface area contributed by atoms with Crippen LogP contribution < -0.4 is 16.7 Å². The third kappa shape index (κ3) is 3.76. The number of aromatic nitrogens is 4. The van der Waals surface area contributed by atoms with Crippen LogP contribution in [0, 0.1) is 0 Å². The van der Waals surface area contributed by atoms with Gasteiger partial charge in [-0.05, 0) is 11.6 Å². The van der Waals surface area contributed by atoms with Gasteiger partial charge in [0.2, 0.25) is 0 Å². The normalized spacial score (nSPS) is 11.6. The van der Waals surface area contributed by atoms with Crippen molar-refractivity contribution in [2.24, 2.45) is 19.2 Å². The van der Waals surface area contributed by atoms with E-state index in [1.165, 1.54) is 35.8 Å². The van der Waals surface area contributed by atoms with Crippen molar-refractivity contribution in [2.45, 2.75) is 6.54 Å². The maximum absolute atomic E-state index is 12.3. The number of hydrazone groups is 1. The first kappa shape index (κ1) is 18.1. The van der Waals surface area contributed by atoms with Crippen molar-refractivity contribution in [3.63, 3.8) is 0 Å². The average molecular weight is 366 g/mol. The maximum Gasteiger partial charge on any atom is 0.332 e. The zero-order valence-electron chi connectivity index (χ0n) is 14.9. The first-order valence-corrected chi connectivity index (χ1v) is 8.13. The second-order valence-electron chi connectivity index (χ2n) is 5.83. The predicted molar refractivity (Wildman–Crippen MR) is 102 cm³/mol. The third-order valence-electron chi connectivity index (χ3n) is 3.97. The summed E-state index contributed by atoms with van der Waals surface area (Å²) in [6.45, 7) is -0.149. The molecule has 0 spiro atoms. The molecule has 0 aliphatic heterocycles. The molecule has 2 heterocycles. The summed E-state index contributed by atoms with van der Waals surface area (Å²) in [7, 11) is 2.90. The van der Waals surface area contributed by atoms with Crippen LogP contribution in [0.4, 0.5) is 0 Å². The van der Waals surface area contributed by atoms with Crippen molar-refractivity contribution >= 4 is 29.4 Å². The van der Waals surface area contributed by atoms with Crippen LogP contribution in [0.5, 0.6) is 0 Å². The molecule has 3 rings (SSSR count). The molecule has 3 aromatic rings. The number of fused-ring (bicyclic) bond motifs is 1. The maximum atomic E-state index is 12.3. The summed E-state index contributed by atoms with van der Waals surface area (Å²) in [5, 5.41) is 3.83. The number of allylic oxidation sites excluding steroid dienone is 1. The molecule has 0 aliphatic carbocycles. The summed E-state index contributed by atoms with van der Waals surface area (Å²) >= 11 is 0. The van der Waals surface area contributed by atoms with Gasteiger partial charge >= 0.3 is 5.69 Å². The summed E-state index contributed by atoms with van der Waals surface area (Å²) in [5.41, 5.74) is 2.83. The fourth-order valence-corrected chi connectivity index (χ4v) is 2.58. The number of carbonyl (C=O) groups excluding carboxylic acids is 1. The Labute approximate surface area is 153 Å². The smallest absolute Gasteiger partial charge is 0.315 e. The van der Waals surface area contributed by atoms with Crippen molar-refractivity contribution in [3.05, 3.63) is 69.1 Å². The molecule has 2 aromatic heterocycles. The van der Waals surface area contributed by atoms with Gasteiger partial charge < -0.3 is 4.57 Å². The minimum atomic E-state index is -0.507. The molecule has 1 N–H and O–H groups in total. The van der Waals surface area contributed by atoms with Gasteiger partial charge in [0.15, 0.2) is 11.2 Å². The Hall–Kier alpha value is -3.75. The van der Waals surface area contributed by atoms with Crippen LogP contribution in [0.3, 0.4) is 0 Å². The highest BCUT2D eigenvalue weighted by atomic mass is 16.2. The highest BCUT2D eigenvalue weighted by molar-refractivity contribution is 5.82. The fraction of sp³-hybridized carbons (Fsp3) is 0.167. The Bertz CT molecular complexity index is 1150. The van der Waals surface area contributed by atoms with Crippen LogP contribution in [-0.4, -0.2) is 30.8 Å². The molecule has 0 unspecified atom stereocenters. The van der Waals surface area contributed by atoms with Gasteiger partial charge in [0.25, 0.3) is 11.5 Å². The van der Waals surface area contributed by atoms with E-state index < -0.39 is 17.2 Å². The van der Waals surface area contributed by atoms with Crippen molar-refractivity contribution in [3.8, 4) is 0 Å². The molecule has 9 heteroatoms. The zero-order valence-corrected chi connectivity index (χ0v) is 14.9. The summed E-state index contributed by atoms with van der Waals surface area (Å²) in [6, 6.07) is 9.67. The lowest BCUT2D eigenvalue weighted by atomic mass is 10.2. The molecule has 0 radical (unpaired) electrons. The highest BCUT2D eigenvalue weighted by Gasteiger charge is 2.15. The number of amides is 1. The number of benzene rings is 1. The third-order valence-corrected chi connectivity index (χ3v) is 3.97. The number of hydrogen-bond donors (Lipinski definition) is 1. The van der Waals surface area contributed by atoms with E-state index in [-0.39, 0.29) is 17.7 Å². The number of rotatable bonds is 5. The van der Waals surface area contributed by atoms with Crippen LogP contribution in [0.2, 0.25) is 0 Å². The molecule has 9 nitrogen and oxygen atoms in total. The number of carbonyl (C=O) groups is 1. The molecule has 1 amide bonds. The predicted octanol–water partition coefficient (Wildman–Crippen LogP) is 0.249. The second-order valence-corrected chi connectivity index (χ2v) is 5.83. The van der Waals surface area contributed by atoms with Gasteiger partial charge in [-0.15, -0.1) is 0 Å². The van der Waals surface area contributed by atoms with Gasteiger partial charge in [-0.25, -0.2) is 15.2 Å². The molecule has 27 heavy (non-hydrogen) atoms. The standard InChI is InChI=1S/C18H18N6O3/c1-22-16-15(17(26)23(2)18(22)27)24(12-19-16)11-14(25)21-20-10-6-9-13-7-4-3-5-8-13/h3-10,12H,11H2,1-2H3,(H,21,25)/b9-6+,20-10?. The molecule has 138 valence electrons. The molecule has 0 fully saturated rings. The SMILES string of the molecule is Cn1c(=O)c2c(ncn2CC(=O)NN=C/C=C/c2ccccc2)n(C)c1=O. The van der Waals surface area contributed by atoms with Gasteiger partial charge in [0, 0.05) is 20.3 Å².